The first-order valence-corrected chi connectivity index (χ1v) is 37.1. The summed E-state index contributed by atoms with van der Waals surface area (Å²) in [4.78, 5) is 2.66. The van der Waals surface area contributed by atoms with E-state index in [1.807, 2.05) is 83.1 Å². The SMILES string of the molecule is CC.CC.CC.CC.CC.CC.CC(C)(C)C1C2CN(C(C)(C)C)CC21.[CH-]=C(CC[CH-]C(C)(C)C)C(C)(C)C.[CH2-]C(=CC[CH-]C(C)(C)C)C(C)(C)C.[CH2-]C(C=C[CH-]C(C)(C)C)C(C)(C)C.[CH2-]C(CC[CH-]C(C)(C)C)C(C)(C)C.[CH2-]C(C[CH-]C(C)(C)C)C(C)(C)C.[Y].[Y].[Y].[Y].[Y]. The Morgan fingerprint density at radius 3 is 0.989 bits per heavy atom. The molecule has 5 unspecified atom stereocenters. The van der Waals surface area contributed by atoms with Crippen LogP contribution in [0.1, 0.15) is 371 Å². The van der Waals surface area contributed by atoms with Crippen molar-refractivity contribution in [2.45, 2.75) is 376 Å². The Balaban J connectivity index is -0.0000000595. The minimum atomic E-state index is 0. The van der Waals surface area contributed by atoms with Crippen LogP contribution in [0.15, 0.2) is 29.4 Å². The van der Waals surface area contributed by atoms with Crippen molar-refractivity contribution in [3.8, 4) is 0 Å². The van der Waals surface area contributed by atoms with Gasteiger partial charge >= 0.3 is 0 Å². The molecule has 0 spiro atoms. The second-order valence-electron chi connectivity index (χ2n) is 36.9. The van der Waals surface area contributed by atoms with Crippen LogP contribution in [0.25, 0.3) is 0 Å². The predicted octanol–water partition coefficient (Wildman–Crippen LogP) is 30.9. The first-order valence-electron chi connectivity index (χ1n) is 37.1. The predicted molar refractivity (Wildman–Crippen MR) is 430 cm³/mol. The van der Waals surface area contributed by atoms with E-state index in [9.17, 15) is 0 Å². The van der Waals surface area contributed by atoms with Crippen LogP contribution in [-0.2, 0) is 164 Å². The van der Waals surface area contributed by atoms with E-state index in [-0.39, 0.29) is 185 Å². The third-order valence-corrected chi connectivity index (χ3v) is 15.1. The molecule has 0 bridgehead atoms. The van der Waals surface area contributed by atoms with E-state index in [2.05, 4.69) is 332 Å². The summed E-state index contributed by atoms with van der Waals surface area (Å²) in [6, 6.07) is 0. The average molecular weight is 1710 g/mol. The van der Waals surface area contributed by atoms with Gasteiger partial charge in [-0.05, 0) is 54.8 Å². The third kappa shape index (κ3) is 94.5. The maximum absolute atomic E-state index is 5.98. The first kappa shape index (κ1) is 135. The topological polar surface area (TPSA) is 3.24 Å². The summed E-state index contributed by atoms with van der Waals surface area (Å²) in [5.74, 6) is 4.48. The van der Waals surface area contributed by atoms with Gasteiger partial charge in [0.2, 0.25) is 0 Å². The number of nitrogens with zero attached hydrogens (tertiary/aromatic N) is 1. The fraction of sp³-hybridized carbons (Fsp3) is 0.831. The van der Waals surface area contributed by atoms with E-state index < -0.39 is 0 Å². The zero-order chi connectivity index (χ0) is 75.5. The van der Waals surface area contributed by atoms with Crippen molar-refractivity contribution in [3.05, 3.63) is 95.8 Å². The number of piperidine rings is 1. The summed E-state index contributed by atoms with van der Waals surface area (Å²) in [6.45, 7) is 130. The van der Waals surface area contributed by atoms with Gasteiger partial charge in [-0.15, -0.1) is 6.42 Å². The van der Waals surface area contributed by atoms with Crippen LogP contribution in [0.2, 0.25) is 0 Å². The van der Waals surface area contributed by atoms with Gasteiger partial charge in [0.15, 0.2) is 0 Å². The molecule has 1 nitrogen and oxygen atoms in total. The van der Waals surface area contributed by atoms with Crippen LogP contribution in [0, 0.1) is 161 Å². The molecule has 0 N–H and O–H groups in total. The van der Waals surface area contributed by atoms with Gasteiger partial charge in [0.1, 0.15) is 0 Å². The maximum Gasteiger partial charge on any atom is 0.0125 e. The number of allylic oxidation sites excluding steroid dienone is 5. The molecule has 2 fully saturated rings. The Bertz CT molecular complexity index is 1630. The number of rotatable bonds is 12. The van der Waals surface area contributed by atoms with Crippen LogP contribution in [0.4, 0.5) is 0 Å². The molecule has 2 aliphatic rings. The van der Waals surface area contributed by atoms with E-state index in [0.717, 1.165) is 49.0 Å². The Morgan fingerprint density at radius 1 is 0.432 bits per heavy atom. The van der Waals surface area contributed by atoms with Crippen LogP contribution < -0.4 is 0 Å². The molecule has 6 heteroatoms. The molecule has 1 saturated heterocycles. The minimum Gasteiger partial charge on any atom is -0.514 e. The van der Waals surface area contributed by atoms with E-state index >= 15 is 0 Å². The van der Waals surface area contributed by atoms with Gasteiger partial charge in [-0.2, -0.15) is 46.3 Å². The Morgan fingerprint density at radius 2 is 0.747 bits per heavy atom. The zero-order valence-electron chi connectivity index (χ0n) is 75.5. The van der Waals surface area contributed by atoms with Crippen molar-refractivity contribution < 1.29 is 164 Å². The number of fused-ring (bicyclic) bond motifs is 1. The number of hydrogen-bond donors (Lipinski definition) is 0. The molecule has 569 valence electrons. The van der Waals surface area contributed by atoms with Gasteiger partial charge < -0.3 is 53.0 Å². The van der Waals surface area contributed by atoms with Gasteiger partial charge in [0.05, 0.1) is 0 Å². The standard InChI is InChI=1S/C13H25N.C13H26.3C13H24.C12H24.6C2H6.5Y/c1-12(2,3)11-9-7-14(8-10(9)11)13(4,5)6;4*1-11(13(5,6)7)9-8-10-12(2,3)4;1-10(12(5,6)7)8-9-11(2,3)4;6*1-2;;;;;/h9-11H,7-8H2,1-6H3;10-11H,1,8-9H2,2-7H3;9-10H,1,8H2,2-7H3;8-11H,1H2,2-7H3;1,10H,8-9H2,2-7H3;9-10H,1,8H2,2-7H3;6*1-2H3;;;;;/q;5*-2;;;;;;;;;;;. The average Bonchev–Trinajstić information content (AvgIpc) is 4.01. The minimum absolute atomic E-state index is 0. The van der Waals surface area contributed by atoms with E-state index in [1.54, 1.807) is 0 Å². The van der Waals surface area contributed by atoms with Gasteiger partial charge in [0, 0.05) is 182 Å². The van der Waals surface area contributed by atoms with Crippen molar-refractivity contribution in [2.75, 3.05) is 13.1 Å². The fourth-order valence-electron chi connectivity index (χ4n) is 8.02. The summed E-state index contributed by atoms with van der Waals surface area (Å²) < 4.78 is 0. The van der Waals surface area contributed by atoms with Crippen molar-refractivity contribution >= 4 is 0 Å². The third-order valence-electron chi connectivity index (χ3n) is 15.1. The van der Waals surface area contributed by atoms with Gasteiger partial charge in [-0.1, -0.05) is 340 Å². The maximum atomic E-state index is 5.98. The van der Waals surface area contributed by atoms with Crippen LogP contribution in [-0.4, -0.2) is 23.5 Å². The quantitative estimate of drug-likeness (QED) is 0.176. The molecule has 1 saturated carbocycles. The summed E-state index contributed by atoms with van der Waals surface area (Å²) in [5, 5.41) is 0. The largest absolute Gasteiger partial charge is 0.514 e. The van der Waals surface area contributed by atoms with Gasteiger partial charge in [-0.25, -0.2) is 43.8 Å². The van der Waals surface area contributed by atoms with Crippen molar-refractivity contribution in [3.63, 3.8) is 0 Å². The van der Waals surface area contributed by atoms with E-state index in [4.69, 9.17) is 6.58 Å². The second-order valence-corrected chi connectivity index (χ2v) is 36.9. The van der Waals surface area contributed by atoms with Gasteiger partial charge in [0.25, 0.3) is 0 Å². The number of likely N-dealkylation sites (tertiary alicyclic amines) is 1. The molecule has 5 radical (unpaired) electrons. The monoisotopic (exact) mass is 1710 g/mol. The zero-order valence-corrected chi connectivity index (χ0v) is 89.7. The van der Waals surface area contributed by atoms with Crippen molar-refractivity contribution in [1.82, 2.24) is 4.90 Å². The van der Waals surface area contributed by atoms with E-state index in [1.165, 1.54) is 31.5 Å². The molecular weight excluding hydrogens is 1530 g/mol. The second kappa shape index (κ2) is 65.5. The van der Waals surface area contributed by atoms with Crippen molar-refractivity contribution in [2.24, 2.45) is 95.1 Å². The molecule has 1 aliphatic carbocycles. The molecule has 95 heavy (non-hydrogen) atoms. The molecular formula is C89H183NY5-10. The van der Waals surface area contributed by atoms with Crippen LogP contribution in [0.3, 0.4) is 0 Å². The van der Waals surface area contributed by atoms with Crippen molar-refractivity contribution in [1.29, 1.82) is 0 Å². The molecule has 0 amide bonds. The summed E-state index contributed by atoms with van der Waals surface area (Å²) in [5.41, 5.74) is 6.18. The summed E-state index contributed by atoms with van der Waals surface area (Å²) in [7, 11) is 0. The summed E-state index contributed by atoms with van der Waals surface area (Å²) in [6.07, 6.45) is 24.9. The van der Waals surface area contributed by atoms with Crippen LogP contribution >= 0.6 is 0 Å². The number of hydrogen-bond acceptors (Lipinski definition) is 1. The Hall–Kier alpha value is 4.44. The molecule has 0 aromatic heterocycles. The molecule has 2 rings (SSSR count). The smallest absolute Gasteiger partial charge is 0.0125 e. The molecule has 5 atom stereocenters. The Labute approximate surface area is 739 Å². The Kier molecular flexibility index (Phi) is 93.2. The molecule has 1 aliphatic heterocycles. The first-order chi connectivity index (χ1) is 39.8. The van der Waals surface area contributed by atoms with E-state index in [0.29, 0.717) is 61.2 Å². The normalized spacial score (nSPS) is 16.3. The van der Waals surface area contributed by atoms with Gasteiger partial charge in [-0.3, -0.25) is 22.6 Å². The molecule has 0 aromatic carbocycles. The van der Waals surface area contributed by atoms with Crippen LogP contribution in [0.5, 0.6) is 0 Å². The molecule has 0 aromatic rings. The molecule has 1 heterocycles. The summed E-state index contributed by atoms with van der Waals surface area (Å²) >= 11 is 0. The fourth-order valence-corrected chi connectivity index (χ4v) is 8.02.